The van der Waals surface area contributed by atoms with Crippen LogP contribution in [-0.4, -0.2) is 9.97 Å². The van der Waals surface area contributed by atoms with Gasteiger partial charge >= 0.3 is 0 Å². The molecule has 0 amide bonds. The zero-order chi connectivity index (χ0) is 12.4. The summed E-state index contributed by atoms with van der Waals surface area (Å²) in [5.41, 5.74) is 3.03. The van der Waals surface area contributed by atoms with Crippen molar-refractivity contribution in [2.75, 3.05) is 0 Å². The highest BCUT2D eigenvalue weighted by Gasteiger charge is 2.09. The first-order valence-corrected chi connectivity index (χ1v) is 5.68. The summed E-state index contributed by atoms with van der Waals surface area (Å²) < 4.78 is 5.77. The molecule has 0 saturated carbocycles. The van der Waals surface area contributed by atoms with E-state index in [1.807, 2.05) is 39.0 Å². The third-order valence-electron chi connectivity index (χ3n) is 2.74. The van der Waals surface area contributed by atoms with E-state index in [1.54, 1.807) is 0 Å². The van der Waals surface area contributed by atoms with Crippen molar-refractivity contribution in [1.29, 1.82) is 0 Å². The Kier molecular flexibility index (Phi) is 3.29. The molecule has 1 aromatic heterocycles. The molecule has 0 aliphatic heterocycles. The van der Waals surface area contributed by atoms with Crippen molar-refractivity contribution in [1.82, 2.24) is 9.97 Å². The van der Waals surface area contributed by atoms with E-state index < -0.39 is 0 Å². The van der Waals surface area contributed by atoms with Gasteiger partial charge in [-0.15, -0.1) is 0 Å². The minimum atomic E-state index is 0.417. The average molecular weight is 249 g/mol. The molecule has 0 aliphatic rings. The van der Waals surface area contributed by atoms with Crippen LogP contribution in [0.3, 0.4) is 0 Å². The minimum absolute atomic E-state index is 0.417. The van der Waals surface area contributed by atoms with Gasteiger partial charge in [-0.1, -0.05) is 23.7 Å². The number of hydrogen-bond donors (Lipinski definition) is 0. The van der Waals surface area contributed by atoms with Crippen molar-refractivity contribution < 1.29 is 4.74 Å². The van der Waals surface area contributed by atoms with E-state index in [1.165, 1.54) is 11.9 Å². The summed E-state index contributed by atoms with van der Waals surface area (Å²) in [5, 5.41) is 0.417. The molecule has 17 heavy (non-hydrogen) atoms. The van der Waals surface area contributed by atoms with Crippen molar-refractivity contribution in [3.63, 3.8) is 0 Å². The first-order valence-electron chi connectivity index (χ1n) is 5.30. The Morgan fingerprint density at radius 2 is 1.82 bits per heavy atom. The molecule has 88 valence electrons. The Morgan fingerprint density at radius 3 is 2.59 bits per heavy atom. The molecule has 3 nitrogen and oxygen atoms in total. The molecule has 0 aliphatic carbocycles. The van der Waals surface area contributed by atoms with Crippen molar-refractivity contribution in [3.8, 4) is 11.6 Å². The summed E-state index contributed by atoms with van der Waals surface area (Å²) in [4.78, 5) is 7.98. The van der Waals surface area contributed by atoms with Gasteiger partial charge in [0.1, 0.15) is 17.2 Å². The molecule has 0 saturated heterocycles. The van der Waals surface area contributed by atoms with Gasteiger partial charge < -0.3 is 4.74 Å². The lowest BCUT2D eigenvalue weighted by atomic mass is 10.1. The largest absolute Gasteiger partial charge is 0.438 e. The number of nitrogens with zero attached hydrogens (tertiary/aromatic N) is 2. The second-order valence-corrected chi connectivity index (χ2v) is 4.25. The maximum absolute atomic E-state index is 5.92. The molecule has 0 bridgehead atoms. The predicted octanol–water partition coefficient (Wildman–Crippen LogP) is 3.85. The van der Waals surface area contributed by atoms with Crippen molar-refractivity contribution in [3.05, 3.63) is 46.4 Å². The lowest BCUT2D eigenvalue weighted by molar-refractivity contribution is 0.453. The molecule has 1 heterocycles. The zero-order valence-electron chi connectivity index (χ0n) is 9.99. The summed E-state index contributed by atoms with van der Waals surface area (Å²) in [6.45, 7) is 5.90. The van der Waals surface area contributed by atoms with Gasteiger partial charge in [-0.2, -0.15) is 0 Å². The molecule has 4 heteroatoms. The van der Waals surface area contributed by atoms with Gasteiger partial charge in [-0.05, 0) is 38.0 Å². The molecule has 1 aromatic carbocycles. The van der Waals surface area contributed by atoms with Gasteiger partial charge in [0.15, 0.2) is 0 Å². The second-order valence-electron chi connectivity index (χ2n) is 3.89. The Labute approximate surface area is 105 Å². The van der Waals surface area contributed by atoms with E-state index in [0.29, 0.717) is 11.0 Å². The molecule has 2 rings (SSSR count). The monoisotopic (exact) mass is 248 g/mol. The number of benzene rings is 1. The van der Waals surface area contributed by atoms with Crippen LogP contribution < -0.4 is 4.74 Å². The van der Waals surface area contributed by atoms with Crippen LogP contribution in [0.1, 0.15) is 16.7 Å². The Balaban J connectivity index is 2.38. The summed E-state index contributed by atoms with van der Waals surface area (Å²) in [6, 6.07) is 5.91. The summed E-state index contributed by atoms with van der Waals surface area (Å²) >= 11 is 5.92. The van der Waals surface area contributed by atoms with Crippen LogP contribution in [0.15, 0.2) is 24.5 Å². The number of hydrogen-bond acceptors (Lipinski definition) is 3. The molecular weight excluding hydrogens is 236 g/mol. The molecule has 0 fully saturated rings. The molecule has 0 radical (unpaired) electrons. The standard InChI is InChI=1S/C13H13ClN2O/c1-8-5-4-6-11(9(8)2)17-13-10(3)12(14)15-7-16-13/h4-7H,1-3H3. The Bertz CT molecular complexity index is 506. The van der Waals surface area contributed by atoms with Crippen LogP contribution in [-0.2, 0) is 0 Å². The van der Waals surface area contributed by atoms with Crippen molar-refractivity contribution in [2.45, 2.75) is 20.8 Å². The van der Waals surface area contributed by atoms with Crippen LogP contribution in [0.25, 0.3) is 0 Å². The molecule has 0 atom stereocenters. The van der Waals surface area contributed by atoms with Gasteiger partial charge in [0, 0.05) is 5.56 Å². The average Bonchev–Trinajstić information content (AvgIpc) is 2.31. The predicted molar refractivity (Wildman–Crippen MR) is 67.8 cm³/mol. The van der Waals surface area contributed by atoms with Gasteiger partial charge in [-0.3, -0.25) is 0 Å². The van der Waals surface area contributed by atoms with E-state index in [0.717, 1.165) is 16.9 Å². The van der Waals surface area contributed by atoms with E-state index in [-0.39, 0.29) is 0 Å². The van der Waals surface area contributed by atoms with Crippen LogP contribution in [0, 0.1) is 20.8 Å². The zero-order valence-corrected chi connectivity index (χ0v) is 10.7. The van der Waals surface area contributed by atoms with Gasteiger partial charge in [0.05, 0.1) is 0 Å². The number of rotatable bonds is 2. The molecule has 0 unspecified atom stereocenters. The minimum Gasteiger partial charge on any atom is -0.438 e. The molecular formula is C13H13ClN2O. The normalized spacial score (nSPS) is 10.4. The lowest BCUT2D eigenvalue weighted by Crippen LogP contribution is -1.96. The highest BCUT2D eigenvalue weighted by atomic mass is 35.5. The fourth-order valence-electron chi connectivity index (χ4n) is 1.46. The topological polar surface area (TPSA) is 35.0 Å². The summed E-state index contributed by atoms with van der Waals surface area (Å²) in [7, 11) is 0. The van der Waals surface area contributed by atoms with Crippen LogP contribution in [0.4, 0.5) is 0 Å². The van der Waals surface area contributed by atoms with Gasteiger partial charge in [-0.25, -0.2) is 9.97 Å². The SMILES string of the molecule is Cc1cccc(Oc2ncnc(Cl)c2C)c1C. The van der Waals surface area contributed by atoms with Crippen LogP contribution in [0.2, 0.25) is 5.15 Å². The van der Waals surface area contributed by atoms with Crippen LogP contribution >= 0.6 is 11.6 Å². The quantitative estimate of drug-likeness (QED) is 0.758. The maximum atomic E-state index is 5.92. The number of halogens is 1. The third kappa shape index (κ3) is 2.39. The third-order valence-corrected chi connectivity index (χ3v) is 3.12. The highest BCUT2D eigenvalue weighted by molar-refractivity contribution is 6.30. The fraction of sp³-hybridized carbons (Fsp3) is 0.231. The number of aryl methyl sites for hydroxylation is 1. The highest BCUT2D eigenvalue weighted by Crippen LogP contribution is 2.29. The van der Waals surface area contributed by atoms with E-state index in [9.17, 15) is 0 Å². The molecule has 0 N–H and O–H groups in total. The van der Waals surface area contributed by atoms with Gasteiger partial charge in [0.2, 0.25) is 5.88 Å². The first-order chi connectivity index (χ1) is 8.09. The lowest BCUT2D eigenvalue weighted by Gasteiger charge is -2.11. The summed E-state index contributed by atoms with van der Waals surface area (Å²) in [5.74, 6) is 1.29. The number of aromatic nitrogens is 2. The summed E-state index contributed by atoms with van der Waals surface area (Å²) in [6.07, 6.45) is 1.40. The molecule has 0 spiro atoms. The maximum Gasteiger partial charge on any atom is 0.226 e. The van der Waals surface area contributed by atoms with Crippen LogP contribution in [0.5, 0.6) is 11.6 Å². The smallest absolute Gasteiger partial charge is 0.226 e. The Morgan fingerprint density at radius 1 is 1.06 bits per heavy atom. The number of ether oxygens (including phenoxy) is 1. The Hall–Kier alpha value is -1.61. The second kappa shape index (κ2) is 4.72. The van der Waals surface area contributed by atoms with E-state index >= 15 is 0 Å². The van der Waals surface area contributed by atoms with E-state index in [4.69, 9.17) is 16.3 Å². The fourth-order valence-corrected chi connectivity index (χ4v) is 1.58. The van der Waals surface area contributed by atoms with Crippen molar-refractivity contribution in [2.24, 2.45) is 0 Å². The van der Waals surface area contributed by atoms with Gasteiger partial charge in [0.25, 0.3) is 0 Å². The molecule has 2 aromatic rings. The van der Waals surface area contributed by atoms with E-state index in [2.05, 4.69) is 9.97 Å². The van der Waals surface area contributed by atoms with Crippen molar-refractivity contribution >= 4 is 11.6 Å². The first kappa shape index (κ1) is 11.9.